The monoisotopic (exact) mass is 259 g/mol. The molecule has 0 radical (unpaired) electrons. The summed E-state index contributed by atoms with van der Waals surface area (Å²) in [5.41, 5.74) is 0.769. The van der Waals surface area contributed by atoms with E-state index in [9.17, 15) is 9.90 Å². The summed E-state index contributed by atoms with van der Waals surface area (Å²) in [6.45, 7) is 0. The van der Waals surface area contributed by atoms with Crippen LogP contribution in [-0.4, -0.2) is 29.3 Å². The fourth-order valence-electron chi connectivity index (χ4n) is 0.999. The molecule has 0 bridgehead atoms. The molecule has 0 aromatic carbocycles. The lowest BCUT2D eigenvalue weighted by molar-refractivity contribution is -0.150. The number of hydrogen-bond acceptors (Lipinski definition) is 4. The normalized spacial score (nSPS) is 12.2. The van der Waals surface area contributed by atoms with Crippen molar-refractivity contribution in [1.29, 1.82) is 0 Å². The zero-order valence-corrected chi connectivity index (χ0v) is 9.19. The van der Waals surface area contributed by atoms with Gasteiger partial charge in [-0.25, -0.2) is 9.78 Å². The van der Waals surface area contributed by atoms with Crippen LogP contribution in [0.2, 0.25) is 0 Å². The quantitative estimate of drug-likeness (QED) is 0.648. The Bertz CT molecular complexity index is 330. The number of nitrogens with zero attached hydrogens (tertiary/aromatic N) is 1. The molecule has 0 aliphatic rings. The van der Waals surface area contributed by atoms with Gasteiger partial charge < -0.3 is 9.84 Å². The van der Waals surface area contributed by atoms with Gasteiger partial charge in [0.2, 0.25) is 0 Å². The number of carbonyl (C=O) groups is 1. The van der Waals surface area contributed by atoms with Gasteiger partial charge in [0.05, 0.1) is 7.11 Å². The number of aliphatic hydroxyl groups is 1. The first-order valence-corrected chi connectivity index (χ1v) is 4.79. The topological polar surface area (TPSA) is 59.4 Å². The molecule has 0 aliphatic heterocycles. The van der Waals surface area contributed by atoms with E-state index in [4.69, 9.17) is 0 Å². The number of pyridine rings is 1. The summed E-state index contributed by atoms with van der Waals surface area (Å²) in [7, 11) is 1.24. The van der Waals surface area contributed by atoms with Gasteiger partial charge in [-0.1, -0.05) is 6.07 Å². The van der Waals surface area contributed by atoms with Gasteiger partial charge in [0.1, 0.15) is 4.60 Å². The molecule has 76 valence electrons. The fourth-order valence-corrected chi connectivity index (χ4v) is 1.41. The molecule has 0 saturated carbocycles. The van der Waals surface area contributed by atoms with E-state index in [0.29, 0.717) is 4.60 Å². The van der Waals surface area contributed by atoms with Crippen molar-refractivity contribution in [3.8, 4) is 0 Å². The van der Waals surface area contributed by atoms with Gasteiger partial charge in [-0.2, -0.15) is 0 Å². The lowest BCUT2D eigenvalue weighted by Gasteiger charge is -2.08. The molecule has 1 rings (SSSR count). The zero-order chi connectivity index (χ0) is 10.6. The molecule has 0 spiro atoms. The van der Waals surface area contributed by atoms with Gasteiger partial charge in [-0.05, 0) is 27.6 Å². The summed E-state index contributed by atoms with van der Waals surface area (Å²) >= 11 is 3.22. The maximum absolute atomic E-state index is 10.9. The van der Waals surface area contributed by atoms with Crippen molar-refractivity contribution in [3.05, 3.63) is 28.5 Å². The summed E-state index contributed by atoms with van der Waals surface area (Å²) in [5.74, 6) is -0.638. The van der Waals surface area contributed by atoms with E-state index in [2.05, 4.69) is 25.7 Å². The van der Waals surface area contributed by atoms with E-state index in [0.717, 1.165) is 5.56 Å². The Kier molecular flexibility index (Phi) is 4.03. The molecule has 0 amide bonds. The molecule has 0 aliphatic carbocycles. The molecule has 14 heavy (non-hydrogen) atoms. The van der Waals surface area contributed by atoms with Gasteiger partial charge >= 0.3 is 5.97 Å². The van der Waals surface area contributed by atoms with E-state index in [1.165, 1.54) is 7.11 Å². The molecule has 0 fully saturated rings. The Morgan fingerprint density at radius 2 is 2.50 bits per heavy atom. The minimum atomic E-state index is -1.14. The number of carbonyl (C=O) groups excluding carboxylic acids is 1. The second-order valence-corrected chi connectivity index (χ2v) is 3.45. The Labute approximate surface area is 90.0 Å². The highest BCUT2D eigenvalue weighted by Gasteiger charge is 2.17. The second kappa shape index (κ2) is 5.07. The Morgan fingerprint density at radius 1 is 1.79 bits per heavy atom. The van der Waals surface area contributed by atoms with E-state index in [-0.39, 0.29) is 6.42 Å². The molecule has 1 aromatic rings. The zero-order valence-electron chi connectivity index (χ0n) is 7.61. The first-order chi connectivity index (χ1) is 6.65. The molecule has 1 aromatic heterocycles. The number of halogens is 1. The number of methoxy groups -OCH3 is 1. The van der Waals surface area contributed by atoms with Crippen LogP contribution in [0.5, 0.6) is 0 Å². The van der Waals surface area contributed by atoms with E-state index >= 15 is 0 Å². The number of esters is 1. The molecule has 1 heterocycles. The van der Waals surface area contributed by atoms with Crippen molar-refractivity contribution in [3.63, 3.8) is 0 Å². The first-order valence-electron chi connectivity index (χ1n) is 4.00. The second-order valence-electron chi connectivity index (χ2n) is 2.70. The van der Waals surface area contributed by atoms with Crippen molar-refractivity contribution in [2.24, 2.45) is 0 Å². The number of hydrogen-bond donors (Lipinski definition) is 1. The number of aliphatic hydroxyl groups excluding tert-OH is 1. The predicted octanol–water partition coefficient (Wildman–Crippen LogP) is 0.921. The molecular formula is C9H10BrNO3. The van der Waals surface area contributed by atoms with Crippen LogP contribution in [0.3, 0.4) is 0 Å². The average molecular weight is 260 g/mol. The summed E-state index contributed by atoms with van der Waals surface area (Å²) in [5, 5.41) is 9.37. The molecule has 5 heteroatoms. The third-order valence-electron chi connectivity index (χ3n) is 1.72. The van der Waals surface area contributed by atoms with Gasteiger partial charge in [0, 0.05) is 12.6 Å². The highest BCUT2D eigenvalue weighted by Crippen LogP contribution is 2.14. The summed E-state index contributed by atoms with van der Waals surface area (Å²) < 4.78 is 5.03. The molecule has 1 N–H and O–H groups in total. The van der Waals surface area contributed by atoms with Crippen LogP contribution < -0.4 is 0 Å². The third kappa shape index (κ3) is 2.78. The standard InChI is InChI=1S/C9H10BrNO3/c1-14-9(13)7(12)5-6-3-2-4-11-8(6)10/h2-4,7,12H,5H2,1H3. The van der Waals surface area contributed by atoms with Gasteiger partial charge in [-0.3, -0.25) is 0 Å². The average Bonchev–Trinajstić information content (AvgIpc) is 2.20. The SMILES string of the molecule is COC(=O)C(O)Cc1cccnc1Br. The summed E-state index contributed by atoms with van der Waals surface area (Å²) in [6, 6.07) is 3.52. The van der Waals surface area contributed by atoms with Crippen molar-refractivity contribution in [2.75, 3.05) is 7.11 Å². The van der Waals surface area contributed by atoms with Crippen LogP contribution >= 0.6 is 15.9 Å². The van der Waals surface area contributed by atoms with Crippen LogP contribution in [0.25, 0.3) is 0 Å². The first kappa shape index (κ1) is 11.1. The Hall–Kier alpha value is -0.940. The van der Waals surface area contributed by atoms with Crippen LogP contribution in [0.15, 0.2) is 22.9 Å². The van der Waals surface area contributed by atoms with Crippen LogP contribution in [0.1, 0.15) is 5.56 Å². The van der Waals surface area contributed by atoms with Crippen molar-refractivity contribution < 1.29 is 14.6 Å². The summed E-state index contributed by atoms with van der Waals surface area (Å²) in [6.07, 6.45) is 0.680. The molecule has 1 atom stereocenters. The van der Waals surface area contributed by atoms with Crippen LogP contribution in [0.4, 0.5) is 0 Å². The third-order valence-corrected chi connectivity index (χ3v) is 2.44. The lowest BCUT2D eigenvalue weighted by atomic mass is 10.1. The maximum atomic E-state index is 10.9. The fraction of sp³-hybridized carbons (Fsp3) is 0.333. The molecule has 1 unspecified atom stereocenters. The van der Waals surface area contributed by atoms with Gasteiger partial charge in [0.25, 0.3) is 0 Å². The Balaban J connectivity index is 2.69. The highest BCUT2D eigenvalue weighted by atomic mass is 79.9. The summed E-state index contributed by atoms with van der Waals surface area (Å²) in [4.78, 5) is 14.9. The van der Waals surface area contributed by atoms with Crippen molar-refractivity contribution in [1.82, 2.24) is 4.98 Å². The van der Waals surface area contributed by atoms with Crippen LogP contribution in [0, 0.1) is 0 Å². The van der Waals surface area contributed by atoms with Crippen LogP contribution in [-0.2, 0) is 16.0 Å². The highest BCUT2D eigenvalue weighted by molar-refractivity contribution is 9.10. The lowest BCUT2D eigenvalue weighted by Crippen LogP contribution is -2.24. The number of ether oxygens (including phenoxy) is 1. The Morgan fingerprint density at radius 3 is 3.07 bits per heavy atom. The smallest absolute Gasteiger partial charge is 0.335 e. The largest absolute Gasteiger partial charge is 0.467 e. The molecule has 4 nitrogen and oxygen atoms in total. The van der Waals surface area contributed by atoms with E-state index in [1.54, 1.807) is 18.3 Å². The van der Waals surface area contributed by atoms with Crippen molar-refractivity contribution in [2.45, 2.75) is 12.5 Å². The maximum Gasteiger partial charge on any atom is 0.335 e. The molecular weight excluding hydrogens is 250 g/mol. The number of aromatic nitrogens is 1. The minimum Gasteiger partial charge on any atom is -0.467 e. The van der Waals surface area contributed by atoms with Crippen molar-refractivity contribution >= 4 is 21.9 Å². The van der Waals surface area contributed by atoms with Gasteiger partial charge in [-0.15, -0.1) is 0 Å². The van der Waals surface area contributed by atoms with Gasteiger partial charge in [0.15, 0.2) is 6.10 Å². The minimum absolute atomic E-state index is 0.196. The number of rotatable bonds is 3. The predicted molar refractivity (Wildman–Crippen MR) is 53.7 cm³/mol. The van der Waals surface area contributed by atoms with E-state index < -0.39 is 12.1 Å². The van der Waals surface area contributed by atoms with E-state index in [1.807, 2.05) is 0 Å². The molecule has 0 saturated heterocycles.